The SMILES string of the molecule is Cl/C=C(\Cl)O/C(Cl)=C/Cl. The smallest absolute Gasteiger partial charge is 0.206 e. The van der Waals surface area contributed by atoms with Crippen molar-refractivity contribution in [2.45, 2.75) is 0 Å². The van der Waals surface area contributed by atoms with Crippen LogP contribution < -0.4 is 0 Å². The zero-order valence-electron chi connectivity index (χ0n) is 4.07. The van der Waals surface area contributed by atoms with Crippen molar-refractivity contribution in [3.63, 3.8) is 0 Å². The molecule has 0 aromatic heterocycles. The molecule has 0 aromatic rings. The second-order valence-electron chi connectivity index (χ2n) is 0.929. The molecule has 0 spiro atoms. The van der Waals surface area contributed by atoms with Crippen molar-refractivity contribution in [3.05, 3.63) is 21.5 Å². The van der Waals surface area contributed by atoms with E-state index in [1.54, 1.807) is 0 Å². The van der Waals surface area contributed by atoms with Crippen molar-refractivity contribution in [2.75, 3.05) is 0 Å². The zero-order valence-corrected chi connectivity index (χ0v) is 7.10. The topological polar surface area (TPSA) is 9.23 Å². The fraction of sp³-hybridized carbons (Fsp3) is 0. The molecule has 0 fully saturated rings. The molecule has 0 N–H and O–H groups in total. The molecule has 9 heavy (non-hydrogen) atoms. The maximum Gasteiger partial charge on any atom is 0.206 e. The molecule has 0 aromatic carbocycles. The lowest BCUT2D eigenvalue weighted by Gasteiger charge is -1.96. The summed E-state index contributed by atoms with van der Waals surface area (Å²) in [5.74, 6) is 0. The van der Waals surface area contributed by atoms with Gasteiger partial charge >= 0.3 is 0 Å². The molecule has 0 atom stereocenters. The van der Waals surface area contributed by atoms with E-state index in [9.17, 15) is 0 Å². The first-order valence-electron chi connectivity index (χ1n) is 1.80. The zero-order chi connectivity index (χ0) is 7.28. The third-order valence-electron chi connectivity index (χ3n) is 0.367. The molecule has 0 saturated heterocycles. The molecule has 0 radical (unpaired) electrons. The number of rotatable bonds is 2. The molecule has 0 aliphatic rings. The summed E-state index contributed by atoms with van der Waals surface area (Å²) in [7, 11) is 0. The predicted octanol–water partition coefficient (Wildman–Crippen LogP) is 3.56. The van der Waals surface area contributed by atoms with E-state index in [-0.39, 0.29) is 10.4 Å². The number of hydrogen-bond donors (Lipinski definition) is 0. The van der Waals surface area contributed by atoms with Crippen molar-refractivity contribution in [3.8, 4) is 0 Å². The van der Waals surface area contributed by atoms with Crippen molar-refractivity contribution in [1.29, 1.82) is 0 Å². The van der Waals surface area contributed by atoms with Crippen LogP contribution in [-0.2, 0) is 4.74 Å². The summed E-state index contributed by atoms with van der Waals surface area (Å²) in [5.41, 5.74) is 2.06. The highest BCUT2D eigenvalue weighted by atomic mass is 35.5. The summed E-state index contributed by atoms with van der Waals surface area (Å²) < 4.78 is 4.54. The molecule has 0 amide bonds. The van der Waals surface area contributed by atoms with E-state index in [4.69, 9.17) is 46.4 Å². The molecular formula is C4H2Cl4O. The summed E-state index contributed by atoms with van der Waals surface area (Å²) in [4.78, 5) is 0. The number of ether oxygens (including phenoxy) is 1. The molecule has 0 rings (SSSR count). The van der Waals surface area contributed by atoms with Gasteiger partial charge in [-0.15, -0.1) is 0 Å². The van der Waals surface area contributed by atoms with Crippen LogP contribution in [0.3, 0.4) is 0 Å². The second kappa shape index (κ2) is 5.24. The van der Waals surface area contributed by atoms with E-state index in [0.29, 0.717) is 0 Å². The minimum Gasteiger partial charge on any atom is -0.431 e. The van der Waals surface area contributed by atoms with Crippen molar-refractivity contribution in [2.24, 2.45) is 0 Å². The average Bonchev–Trinajstić information content (AvgIpc) is 1.87. The highest BCUT2D eigenvalue weighted by molar-refractivity contribution is 6.38. The van der Waals surface area contributed by atoms with Gasteiger partial charge in [0.2, 0.25) is 10.4 Å². The first-order valence-corrected chi connectivity index (χ1v) is 3.43. The molecule has 5 heteroatoms. The van der Waals surface area contributed by atoms with Gasteiger partial charge < -0.3 is 4.74 Å². The summed E-state index contributed by atoms with van der Waals surface area (Å²) in [6.07, 6.45) is 0. The third kappa shape index (κ3) is 4.91. The minimum absolute atomic E-state index is 0.0291. The summed E-state index contributed by atoms with van der Waals surface area (Å²) in [6.45, 7) is 0. The normalized spacial score (nSPS) is 13.8. The summed E-state index contributed by atoms with van der Waals surface area (Å²) in [6, 6.07) is 0. The van der Waals surface area contributed by atoms with Gasteiger partial charge in [-0.2, -0.15) is 0 Å². The Morgan fingerprint density at radius 3 is 1.56 bits per heavy atom. The first-order chi connectivity index (χ1) is 4.20. The molecule has 0 unspecified atom stereocenters. The van der Waals surface area contributed by atoms with Gasteiger partial charge in [-0.25, -0.2) is 0 Å². The van der Waals surface area contributed by atoms with Crippen LogP contribution in [0.25, 0.3) is 0 Å². The van der Waals surface area contributed by atoms with Crippen LogP contribution in [0.5, 0.6) is 0 Å². The monoisotopic (exact) mass is 206 g/mol. The third-order valence-corrected chi connectivity index (χ3v) is 1.36. The van der Waals surface area contributed by atoms with Crippen molar-refractivity contribution in [1.82, 2.24) is 0 Å². The molecule has 52 valence electrons. The Kier molecular flexibility index (Phi) is 5.50. The first kappa shape index (κ1) is 9.44. The lowest BCUT2D eigenvalue weighted by Crippen LogP contribution is -1.76. The molecular weight excluding hydrogens is 206 g/mol. The predicted molar refractivity (Wildman–Crippen MR) is 40.7 cm³/mol. The van der Waals surface area contributed by atoms with E-state index in [0.717, 1.165) is 11.1 Å². The van der Waals surface area contributed by atoms with E-state index < -0.39 is 0 Å². The largest absolute Gasteiger partial charge is 0.431 e. The van der Waals surface area contributed by atoms with Gasteiger partial charge in [-0.3, -0.25) is 0 Å². The van der Waals surface area contributed by atoms with Gasteiger partial charge in [-0.05, 0) is 23.2 Å². The number of halogens is 4. The van der Waals surface area contributed by atoms with Crippen LogP contribution in [0.4, 0.5) is 0 Å². The number of hydrogen-bond acceptors (Lipinski definition) is 1. The van der Waals surface area contributed by atoms with Crippen molar-refractivity contribution >= 4 is 46.4 Å². The Morgan fingerprint density at radius 2 is 1.33 bits per heavy atom. The maximum atomic E-state index is 5.26. The Hall–Kier alpha value is 0.440. The highest BCUT2D eigenvalue weighted by Crippen LogP contribution is 2.14. The Labute approximate surface area is 72.8 Å². The average molecular weight is 208 g/mol. The highest BCUT2D eigenvalue weighted by Gasteiger charge is 1.93. The van der Waals surface area contributed by atoms with Crippen LogP contribution in [0, 0.1) is 0 Å². The molecule has 0 heterocycles. The fourth-order valence-electron chi connectivity index (χ4n) is 0.138. The van der Waals surface area contributed by atoms with Gasteiger partial charge in [-0.1, -0.05) is 23.2 Å². The van der Waals surface area contributed by atoms with E-state index in [2.05, 4.69) is 4.74 Å². The quantitative estimate of drug-likeness (QED) is 0.630. The molecule has 0 aliphatic heterocycles. The maximum absolute atomic E-state index is 5.26. The minimum atomic E-state index is -0.0291. The molecule has 0 aliphatic carbocycles. The lowest BCUT2D eigenvalue weighted by molar-refractivity contribution is 0.369. The van der Waals surface area contributed by atoms with E-state index >= 15 is 0 Å². The van der Waals surface area contributed by atoms with Crippen LogP contribution >= 0.6 is 46.4 Å². The molecule has 0 saturated carbocycles. The van der Waals surface area contributed by atoms with Crippen LogP contribution in [-0.4, -0.2) is 0 Å². The fourth-order valence-corrected chi connectivity index (χ4v) is 0.433. The van der Waals surface area contributed by atoms with E-state index in [1.165, 1.54) is 0 Å². The van der Waals surface area contributed by atoms with E-state index in [1.807, 2.05) is 0 Å². The summed E-state index contributed by atoms with van der Waals surface area (Å²) in [5, 5.41) is -0.0582. The van der Waals surface area contributed by atoms with Crippen LogP contribution in [0.15, 0.2) is 21.5 Å². The van der Waals surface area contributed by atoms with Crippen LogP contribution in [0.2, 0.25) is 0 Å². The molecule has 0 bridgehead atoms. The Balaban J connectivity index is 3.75. The van der Waals surface area contributed by atoms with Crippen molar-refractivity contribution < 1.29 is 4.74 Å². The standard InChI is InChI=1S/C4H2Cl4O/c5-1-3(7)9-4(8)2-6/h1-2H/b3-1+,4-2+. The molecule has 1 nitrogen and oxygen atoms in total. The van der Waals surface area contributed by atoms with Gasteiger partial charge in [0.1, 0.15) is 0 Å². The van der Waals surface area contributed by atoms with Gasteiger partial charge in [0.05, 0.1) is 11.1 Å². The van der Waals surface area contributed by atoms with Gasteiger partial charge in [0, 0.05) is 0 Å². The second-order valence-corrected chi connectivity index (χ2v) is 2.11. The summed E-state index contributed by atoms with van der Waals surface area (Å²) >= 11 is 20.7. The lowest BCUT2D eigenvalue weighted by atomic mass is 11.0. The van der Waals surface area contributed by atoms with Crippen LogP contribution in [0.1, 0.15) is 0 Å². The Bertz CT molecular complexity index is 124. The van der Waals surface area contributed by atoms with Gasteiger partial charge in [0.25, 0.3) is 0 Å². The van der Waals surface area contributed by atoms with Gasteiger partial charge in [0.15, 0.2) is 0 Å². The Morgan fingerprint density at radius 1 is 1.00 bits per heavy atom.